The molecule has 3 N–H and O–H groups in total. The van der Waals surface area contributed by atoms with Gasteiger partial charge in [-0.2, -0.15) is 5.10 Å². The number of hydrogen-bond acceptors (Lipinski definition) is 3. The third kappa shape index (κ3) is 3.24. The highest BCUT2D eigenvalue weighted by Crippen LogP contribution is 2.24. The summed E-state index contributed by atoms with van der Waals surface area (Å²) in [4.78, 5) is 12.5. The van der Waals surface area contributed by atoms with E-state index in [0.717, 1.165) is 16.8 Å². The Morgan fingerprint density at radius 2 is 1.95 bits per heavy atom. The Hall–Kier alpha value is -2.30. The van der Waals surface area contributed by atoms with Gasteiger partial charge >= 0.3 is 0 Å². The average Bonchev–Trinajstić information content (AvgIpc) is 2.74. The van der Waals surface area contributed by atoms with E-state index in [9.17, 15) is 4.79 Å². The standard InChI is InChI=1S/C16H22N4O/c1-11-12(10-20(4)19-11)9-18-15(21)16(2,3)13-5-7-14(17)8-6-13/h5-8,10H,9,17H2,1-4H3,(H,18,21). The van der Waals surface area contributed by atoms with Crippen LogP contribution in [0.2, 0.25) is 0 Å². The average molecular weight is 286 g/mol. The number of carbonyl (C=O) groups is 1. The molecule has 0 bridgehead atoms. The van der Waals surface area contributed by atoms with Crippen LogP contribution in [0.15, 0.2) is 30.5 Å². The molecular weight excluding hydrogens is 264 g/mol. The summed E-state index contributed by atoms with van der Waals surface area (Å²) in [5, 5.41) is 7.25. The van der Waals surface area contributed by atoms with Gasteiger partial charge in [0.15, 0.2) is 0 Å². The highest BCUT2D eigenvalue weighted by atomic mass is 16.2. The maximum atomic E-state index is 12.5. The number of aryl methyl sites for hydroxylation is 2. The predicted octanol–water partition coefficient (Wildman–Crippen LogP) is 1.90. The van der Waals surface area contributed by atoms with Crippen LogP contribution in [0.1, 0.15) is 30.7 Å². The lowest BCUT2D eigenvalue weighted by Gasteiger charge is -2.24. The fourth-order valence-corrected chi connectivity index (χ4v) is 2.25. The molecule has 0 spiro atoms. The summed E-state index contributed by atoms with van der Waals surface area (Å²) >= 11 is 0. The number of hydrogen-bond donors (Lipinski definition) is 2. The topological polar surface area (TPSA) is 72.9 Å². The number of nitrogens with two attached hydrogens (primary N) is 1. The minimum atomic E-state index is -0.607. The molecule has 2 rings (SSSR count). The van der Waals surface area contributed by atoms with Crippen molar-refractivity contribution in [2.75, 3.05) is 5.73 Å². The minimum absolute atomic E-state index is 0.0180. The van der Waals surface area contributed by atoms with Gasteiger partial charge in [-0.05, 0) is 38.5 Å². The quantitative estimate of drug-likeness (QED) is 0.843. The molecule has 1 heterocycles. The van der Waals surface area contributed by atoms with Crippen LogP contribution in [0.25, 0.3) is 0 Å². The first-order valence-electron chi connectivity index (χ1n) is 6.94. The van der Waals surface area contributed by atoms with Gasteiger partial charge in [0.05, 0.1) is 11.1 Å². The van der Waals surface area contributed by atoms with Gasteiger partial charge in [-0.1, -0.05) is 12.1 Å². The van der Waals surface area contributed by atoms with Crippen LogP contribution in [-0.4, -0.2) is 15.7 Å². The Morgan fingerprint density at radius 3 is 2.48 bits per heavy atom. The van der Waals surface area contributed by atoms with E-state index in [2.05, 4.69) is 10.4 Å². The molecule has 2 aromatic rings. The van der Waals surface area contributed by atoms with Crippen LogP contribution in [0.5, 0.6) is 0 Å². The molecule has 0 aliphatic carbocycles. The first-order chi connectivity index (χ1) is 9.80. The van der Waals surface area contributed by atoms with Crippen molar-refractivity contribution in [2.45, 2.75) is 32.7 Å². The second-order valence-electron chi connectivity index (χ2n) is 5.84. The van der Waals surface area contributed by atoms with Crippen LogP contribution in [0.3, 0.4) is 0 Å². The molecule has 5 nitrogen and oxygen atoms in total. The number of rotatable bonds is 4. The first kappa shape index (κ1) is 15.1. The van der Waals surface area contributed by atoms with Gasteiger partial charge in [-0.3, -0.25) is 9.48 Å². The van der Waals surface area contributed by atoms with Gasteiger partial charge in [-0.25, -0.2) is 0 Å². The Kier molecular flexibility index (Phi) is 4.02. The van der Waals surface area contributed by atoms with E-state index in [1.165, 1.54) is 0 Å². The maximum absolute atomic E-state index is 12.5. The molecule has 0 saturated heterocycles. The van der Waals surface area contributed by atoms with Crippen molar-refractivity contribution in [3.8, 4) is 0 Å². The summed E-state index contributed by atoms with van der Waals surface area (Å²) < 4.78 is 1.75. The monoisotopic (exact) mass is 286 g/mol. The molecule has 0 unspecified atom stereocenters. The molecule has 112 valence electrons. The molecule has 0 saturated carbocycles. The molecular formula is C16H22N4O. The zero-order valence-electron chi connectivity index (χ0n) is 13.0. The lowest BCUT2D eigenvalue weighted by Crippen LogP contribution is -2.39. The van der Waals surface area contributed by atoms with E-state index in [1.54, 1.807) is 4.68 Å². The van der Waals surface area contributed by atoms with E-state index < -0.39 is 5.41 Å². The second kappa shape index (κ2) is 5.60. The molecule has 0 atom stereocenters. The molecule has 1 aromatic heterocycles. The minimum Gasteiger partial charge on any atom is -0.399 e. The molecule has 21 heavy (non-hydrogen) atoms. The summed E-state index contributed by atoms with van der Waals surface area (Å²) in [6.07, 6.45) is 1.92. The third-order valence-electron chi connectivity index (χ3n) is 3.75. The second-order valence-corrected chi connectivity index (χ2v) is 5.84. The fraction of sp³-hybridized carbons (Fsp3) is 0.375. The van der Waals surface area contributed by atoms with Gasteiger partial charge in [0, 0.05) is 31.0 Å². The SMILES string of the molecule is Cc1nn(C)cc1CNC(=O)C(C)(C)c1ccc(N)cc1. The molecule has 0 fully saturated rings. The van der Waals surface area contributed by atoms with Crippen molar-refractivity contribution < 1.29 is 4.79 Å². The van der Waals surface area contributed by atoms with Gasteiger partial charge in [0.1, 0.15) is 0 Å². The van der Waals surface area contributed by atoms with Gasteiger partial charge in [0.25, 0.3) is 0 Å². The predicted molar refractivity (Wildman–Crippen MR) is 83.7 cm³/mol. The number of amides is 1. The van der Waals surface area contributed by atoms with Crippen LogP contribution < -0.4 is 11.1 Å². The van der Waals surface area contributed by atoms with Gasteiger partial charge in [0.2, 0.25) is 5.91 Å². The van der Waals surface area contributed by atoms with Crippen molar-refractivity contribution in [1.82, 2.24) is 15.1 Å². The van der Waals surface area contributed by atoms with Gasteiger partial charge in [-0.15, -0.1) is 0 Å². The van der Waals surface area contributed by atoms with Crippen molar-refractivity contribution in [3.05, 3.63) is 47.3 Å². The third-order valence-corrected chi connectivity index (χ3v) is 3.75. The van der Waals surface area contributed by atoms with Crippen molar-refractivity contribution >= 4 is 11.6 Å². The highest BCUT2D eigenvalue weighted by molar-refractivity contribution is 5.87. The molecule has 1 aromatic carbocycles. The Bertz CT molecular complexity index is 641. The smallest absolute Gasteiger partial charge is 0.230 e. The first-order valence-corrected chi connectivity index (χ1v) is 6.94. The number of nitrogens with zero attached hydrogens (tertiary/aromatic N) is 2. The number of benzene rings is 1. The van der Waals surface area contributed by atoms with Crippen LogP contribution in [0.4, 0.5) is 5.69 Å². The van der Waals surface area contributed by atoms with Crippen LogP contribution in [-0.2, 0) is 23.8 Å². The largest absolute Gasteiger partial charge is 0.399 e. The van der Waals surface area contributed by atoms with Crippen LogP contribution >= 0.6 is 0 Å². The molecule has 5 heteroatoms. The molecule has 0 radical (unpaired) electrons. The maximum Gasteiger partial charge on any atom is 0.230 e. The number of aromatic nitrogens is 2. The van der Waals surface area contributed by atoms with E-state index >= 15 is 0 Å². The molecule has 1 amide bonds. The molecule has 0 aliphatic rings. The number of carbonyl (C=O) groups excluding carboxylic acids is 1. The van der Waals surface area contributed by atoms with Crippen molar-refractivity contribution in [2.24, 2.45) is 7.05 Å². The van der Waals surface area contributed by atoms with Gasteiger partial charge < -0.3 is 11.1 Å². The number of anilines is 1. The number of nitrogens with one attached hydrogen (secondary N) is 1. The fourth-order valence-electron chi connectivity index (χ4n) is 2.25. The summed E-state index contributed by atoms with van der Waals surface area (Å²) in [5.41, 5.74) is 8.68. The Balaban J connectivity index is 2.08. The summed E-state index contributed by atoms with van der Waals surface area (Å²) in [7, 11) is 1.87. The summed E-state index contributed by atoms with van der Waals surface area (Å²) in [6, 6.07) is 7.42. The Labute approximate surface area is 125 Å². The lowest BCUT2D eigenvalue weighted by molar-refractivity contribution is -0.125. The van der Waals surface area contributed by atoms with Crippen molar-refractivity contribution in [3.63, 3.8) is 0 Å². The van der Waals surface area contributed by atoms with E-state index in [-0.39, 0.29) is 5.91 Å². The lowest BCUT2D eigenvalue weighted by atomic mass is 9.83. The van der Waals surface area contributed by atoms with E-state index in [4.69, 9.17) is 5.73 Å². The highest BCUT2D eigenvalue weighted by Gasteiger charge is 2.29. The summed E-state index contributed by atoms with van der Waals surface area (Å²) in [6.45, 7) is 6.23. The van der Waals surface area contributed by atoms with Crippen LogP contribution in [0, 0.1) is 6.92 Å². The zero-order chi connectivity index (χ0) is 15.6. The molecule has 0 aliphatic heterocycles. The van der Waals surface area contributed by atoms with Crippen molar-refractivity contribution in [1.29, 1.82) is 0 Å². The zero-order valence-corrected chi connectivity index (χ0v) is 13.0. The van der Waals surface area contributed by atoms with E-state index in [0.29, 0.717) is 12.2 Å². The Morgan fingerprint density at radius 1 is 1.33 bits per heavy atom. The number of nitrogen functional groups attached to an aromatic ring is 1. The van der Waals surface area contributed by atoms with E-state index in [1.807, 2.05) is 58.3 Å². The summed E-state index contributed by atoms with van der Waals surface area (Å²) in [5.74, 6) is -0.0180. The normalized spacial score (nSPS) is 11.4.